The highest BCUT2D eigenvalue weighted by molar-refractivity contribution is 5.35. The normalized spacial score (nSPS) is 17.3. The van der Waals surface area contributed by atoms with Gasteiger partial charge in [0.05, 0.1) is 0 Å². The molecule has 4 heteroatoms. The summed E-state index contributed by atoms with van der Waals surface area (Å²) < 4.78 is 6.09. The highest BCUT2D eigenvalue weighted by Gasteiger charge is 2.28. The van der Waals surface area contributed by atoms with Gasteiger partial charge in [-0.15, -0.1) is 0 Å². The Morgan fingerprint density at radius 2 is 1.50 bits per heavy atom. The standard InChI is InChI=1S/C22H25NO3/c1-3-20-17(2)14-21(24)23(26-16-19-12-8-5-9-13-19)22(20)25-15-18-10-6-4-7-11-18/h4-14,21,24H,3,15-16H2,1-2H3. The first-order valence-electron chi connectivity index (χ1n) is 8.92. The first-order chi connectivity index (χ1) is 12.7. The van der Waals surface area contributed by atoms with Gasteiger partial charge in [-0.3, -0.25) is 4.84 Å². The largest absolute Gasteiger partial charge is 0.472 e. The first kappa shape index (κ1) is 18.2. The fourth-order valence-electron chi connectivity index (χ4n) is 2.97. The van der Waals surface area contributed by atoms with Gasteiger partial charge >= 0.3 is 0 Å². The second kappa shape index (κ2) is 8.70. The van der Waals surface area contributed by atoms with Crippen molar-refractivity contribution in [2.75, 3.05) is 0 Å². The van der Waals surface area contributed by atoms with Crippen LogP contribution in [0, 0.1) is 0 Å². The van der Waals surface area contributed by atoms with E-state index in [1.165, 1.54) is 5.06 Å². The van der Waals surface area contributed by atoms with Gasteiger partial charge in [-0.1, -0.05) is 67.6 Å². The van der Waals surface area contributed by atoms with Crippen molar-refractivity contribution < 1.29 is 14.7 Å². The Morgan fingerprint density at radius 3 is 2.08 bits per heavy atom. The molecule has 1 atom stereocenters. The molecule has 136 valence electrons. The topological polar surface area (TPSA) is 41.9 Å². The van der Waals surface area contributed by atoms with Gasteiger partial charge in [0.15, 0.2) is 6.23 Å². The second-order valence-corrected chi connectivity index (χ2v) is 6.26. The Labute approximate surface area is 154 Å². The van der Waals surface area contributed by atoms with E-state index in [4.69, 9.17) is 9.57 Å². The summed E-state index contributed by atoms with van der Waals surface area (Å²) in [6, 6.07) is 19.9. The van der Waals surface area contributed by atoms with Crippen molar-refractivity contribution in [1.82, 2.24) is 5.06 Å². The average Bonchev–Trinajstić information content (AvgIpc) is 2.67. The highest BCUT2D eigenvalue weighted by atomic mass is 16.7. The van der Waals surface area contributed by atoms with E-state index in [1.807, 2.05) is 67.6 Å². The van der Waals surface area contributed by atoms with Crippen LogP contribution in [0.4, 0.5) is 0 Å². The summed E-state index contributed by atoms with van der Waals surface area (Å²) in [6.07, 6.45) is 1.71. The SMILES string of the molecule is CCC1=C(OCc2ccccc2)N(OCc2ccccc2)C(O)C=C1C. The van der Waals surface area contributed by atoms with Gasteiger partial charge in [0.1, 0.15) is 13.2 Å². The molecule has 2 aromatic rings. The molecule has 4 nitrogen and oxygen atoms in total. The minimum absolute atomic E-state index is 0.361. The van der Waals surface area contributed by atoms with Crippen molar-refractivity contribution in [1.29, 1.82) is 0 Å². The van der Waals surface area contributed by atoms with Crippen LogP contribution in [0.2, 0.25) is 0 Å². The lowest BCUT2D eigenvalue weighted by molar-refractivity contribution is -0.237. The fourth-order valence-corrected chi connectivity index (χ4v) is 2.97. The molecule has 0 spiro atoms. The Balaban J connectivity index is 1.79. The van der Waals surface area contributed by atoms with E-state index < -0.39 is 6.23 Å². The maximum absolute atomic E-state index is 10.5. The van der Waals surface area contributed by atoms with E-state index in [1.54, 1.807) is 6.08 Å². The molecule has 26 heavy (non-hydrogen) atoms. The van der Waals surface area contributed by atoms with E-state index in [0.29, 0.717) is 19.1 Å². The van der Waals surface area contributed by atoms with Gasteiger partial charge < -0.3 is 9.84 Å². The smallest absolute Gasteiger partial charge is 0.220 e. The van der Waals surface area contributed by atoms with Gasteiger partial charge in [0.25, 0.3) is 0 Å². The predicted molar refractivity (Wildman–Crippen MR) is 101 cm³/mol. The number of hydroxylamine groups is 2. The van der Waals surface area contributed by atoms with Crippen molar-refractivity contribution in [2.45, 2.75) is 39.7 Å². The minimum Gasteiger partial charge on any atom is -0.472 e. The molecule has 0 aliphatic carbocycles. The summed E-state index contributed by atoms with van der Waals surface area (Å²) in [4.78, 5) is 5.92. The molecule has 0 amide bonds. The zero-order valence-corrected chi connectivity index (χ0v) is 15.3. The van der Waals surface area contributed by atoms with E-state index in [9.17, 15) is 5.11 Å². The molecule has 0 fully saturated rings. The molecule has 0 saturated carbocycles. The number of benzene rings is 2. The lowest BCUT2D eigenvalue weighted by atomic mass is 10.0. The van der Waals surface area contributed by atoms with Gasteiger partial charge in [0, 0.05) is 5.57 Å². The van der Waals surface area contributed by atoms with Crippen LogP contribution < -0.4 is 0 Å². The Kier molecular flexibility index (Phi) is 6.10. The van der Waals surface area contributed by atoms with Crippen molar-refractivity contribution in [3.8, 4) is 0 Å². The number of hydrogen-bond acceptors (Lipinski definition) is 4. The van der Waals surface area contributed by atoms with E-state index >= 15 is 0 Å². The van der Waals surface area contributed by atoms with E-state index in [0.717, 1.165) is 28.7 Å². The Morgan fingerprint density at radius 1 is 0.923 bits per heavy atom. The van der Waals surface area contributed by atoms with Crippen LogP contribution in [-0.2, 0) is 22.8 Å². The molecular weight excluding hydrogens is 326 g/mol. The number of aliphatic hydroxyl groups excluding tert-OH is 1. The second-order valence-electron chi connectivity index (χ2n) is 6.26. The van der Waals surface area contributed by atoms with E-state index in [-0.39, 0.29) is 0 Å². The van der Waals surface area contributed by atoms with E-state index in [2.05, 4.69) is 6.92 Å². The van der Waals surface area contributed by atoms with Crippen LogP contribution in [0.5, 0.6) is 0 Å². The molecule has 0 bridgehead atoms. The number of hydrogen-bond donors (Lipinski definition) is 1. The lowest BCUT2D eigenvalue weighted by Gasteiger charge is -2.34. The summed E-state index contributed by atoms with van der Waals surface area (Å²) >= 11 is 0. The van der Waals surface area contributed by atoms with Crippen LogP contribution in [0.1, 0.15) is 31.4 Å². The highest BCUT2D eigenvalue weighted by Crippen LogP contribution is 2.30. The van der Waals surface area contributed by atoms with Gasteiger partial charge in [-0.05, 0) is 36.1 Å². The summed E-state index contributed by atoms with van der Waals surface area (Å²) in [5, 5.41) is 12.0. The third kappa shape index (κ3) is 4.34. The van der Waals surface area contributed by atoms with Crippen LogP contribution in [-0.4, -0.2) is 16.4 Å². The number of allylic oxidation sites excluding steroid dienone is 2. The van der Waals surface area contributed by atoms with Gasteiger partial charge in [-0.2, -0.15) is 5.06 Å². The fraction of sp³-hybridized carbons (Fsp3) is 0.273. The molecule has 0 radical (unpaired) electrons. The quantitative estimate of drug-likeness (QED) is 0.795. The number of nitrogens with zero attached hydrogens (tertiary/aromatic N) is 1. The third-order valence-electron chi connectivity index (χ3n) is 4.36. The van der Waals surface area contributed by atoms with Crippen LogP contribution in [0.25, 0.3) is 0 Å². The number of rotatable bonds is 7. The number of aliphatic hydroxyl groups is 1. The van der Waals surface area contributed by atoms with Crippen LogP contribution in [0.3, 0.4) is 0 Å². The van der Waals surface area contributed by atoms with Crippen molar-refractivity contribution in [3.63, 3.8) is 0 Å². The summed E-state index contributed by atoms with van der Waals surface area (Å²) in [5.41, 5.74) is 4.16. The van der Waals surface area contributed by atoms with Gasteiger partial charge in [-0.25, -0.2) is 0 Å². The molecule has 1 aliphatic heterocycles. The van der Waals surface area contributed by atoms with Gasteiger partial charge in [0.2, 0.25) is 5.88 Å². The molecule has 0 saturated heterocycles. The molecule has 1 unspecified atom stereocenters. The zero-order chi connectivity index (χ0) is 18.4. The molecule has 1 N–H and O–H groups in total. The lowest BCUT2D eigenvalue weighted by Crippen LogP contribution is -2.37. The van der Waals surface area contributed by atoms with Crippen LogP contribution >= 0.6 is 0 Å². The molecule has 2 aromatic carbocycles. The molecule has 0 aromatic heterocycles. The zero-order valence-electron chi connectivity index (χ0n) is 15.3. The molecule has 1 heterocycles. The average molecular weight is 351 g/mol. The van der Waals surface area contributed by atoms with Crippen LogP contribution in [0.15, 0.2) is 83.8 Å². The molecule has 1 aliphatic rings. The summed E-state index contributed by atoms with van der Waals surface area (Å²) in [7, 11) is 0. The van der Waals surface area contributed by atoms with Crippen molar-refractivity contribution in [3.05, 3.63) is 94.9 Å². The predicted octanol–water partition coefficient (Wildman–Crippen LogP) is 4.54. The molecular formula is C22H25NO3. The maximum Gasteiger partial charge on any atom is 0.220 e. The Bertz CT molecular complexity index is 768. The third-order valence-corrected chi connectivity index (χ3v) is 4.36. The van der Waals surface area contributed by atoms with Crippen molar-refractivity contribution >= 4 is 0 Å². The number of ether oxygens (including phenoxy) is 1. The Hall–Kier alpha value is -2.56. The first-order valence-corrected chi connectivity index (χ1v) is 8.92. The maximum atomic E-state index is 10.5. The van der Waals surface area contributed by atoms with Crippen molar-refractivity contribution in [2.24, 2.45) is 0 Å². The molecule has 3 rings (SSSR count). The summed E-state index contributed by atoms with van der Waals surface area (Å²) in [6.45, 7) is 4.85. The monoisotopic (exact) mass is 351 g/mol. The minimum atomic E-state index is -0.875. The summed E-state index contributed by atoms with van der Waals surface area (Å²) in [5.74, 6) is 0.583.